The highest BCUT2D eigenvalue weighted by Gasteiger charge is 2.26. The number of nitrogens with two attached hydrogens (primary N) is 3. The lowest BCUT2D eigenvalue weighted by Gasteiger charge is -2.21. The maximum Gasteiger partial charge on any atom is 0.301 e. The average Bonchev–Trinajstić information content (AvgIpc) is 1.70. The molecular formula is C69H84N18O9S. The molecule has 11 rings (SSSR count). The molecule has 0 amide bonds. The second-order valence-corrected chi connectivity index (χ2v) is 26.2. The van der Waals surface area contributed by atoms with E-state index >= 15 is 0 Å². The van der Waals surface area contributed by atoms with Crippen LogP contribution in [0, 0.1) is 6.92 Å². The van der Waals surface area contributed by atoms with E-state index in [4.69, 9.17) is 66.4 Å². The lowest BCUT2D eigenvalue weighted by Crippen LogP contribution is -2.34. The average molecular weight is 1340 g/mol. The van der Waals surface area contributed by atoms with Gasteiger partial charge in [0, 0.05) is 98.7 Å². The molecule has 0 fully saturated rings. The van der Waals surface area contributed by atoms with Crippen LogP contribution >= 0.6 is 0 Å². The molecule has 0 aliphatic carbocycles. The topological polar surface area (TPSA) is 359 Å². The van der Waals surface area contributed by atoms with E-state index in [1.807, 2.05) is 139 Å². The highest BCUT2D eigenvalue weighted by atomic mass is 32.2. The van der Waals surface area contributed by atoms with Gasteiger partial charge in [-0.1, -0.05) is 48.5 Å². The number of anilines is 3. The van der Waals surface area contributed by atoms with E-state index in [2.05, 4.69) is 34.3 Å². The van der Waals surface area contributed by atoms with E-state index in [0.29, 0.717) is 81.8 Å². The van der Waals surface area contributed by atoms with Gasteiger partial charge in [0.25, 0.3) is 0 Å². The summed E-state index contributed by atoms with van der Waals surface area (Å²) < 4.78 is 64.9. The number of benzene rings is 4. The minimum Gasteiger partial charge on any atom is -0.491 e. The van der Waals surface area contributed by atoms with Crippen molar-refractivity contribution >= 4 is 60.4 Å². The van der Waals surface area contributed by atoms with Gasteiger partial charge < -0.3 is 62.1 Å². The third kappa shape index (κ3) is 16.2. The molecule has 97 heavy (non-hydrogen) atoms. The SMILES string of the molecule is Cc1c(CNc2cc(-c3cccc(OCC(O)CN)c3)nc3c2cnn3C(C)CCN(C)S(=O)(=O)Nc2cc(-c3cccc(OCC(O)CN)c3)nc3c2cnn3C(C)COc2cccc(CNc3cc(-c4cccc(OCC(O)CN)c4)nc4c3cnn4C(C)C)c2)cnn1C. The first kappa shape index (κ1) is 68.6. The Kier molecular flexibility index (Phi) is 21.6. The second kappa shape index (κ2) is 30.5. The highest BCUT2D eigenvalue weighted by Crippen LogP contribution is 2.36. The number of aliphatic hydroxyl groups excluding tert-OH is 3. The van der Waals surface area contributed by atoms with E-state index in [0.717, 1.165) is 55.7 Å². The predicted molar refractivity (Wildman–Crippen MR) is 375 cm³/mol. The van der Waals surface area contributed by atoms with Gasteiger partial charge in [0.05, 0.1) is 75.8 Å². The van der Waals surface area contributed by atoms with Crippen molar-refractivity contribution < 1.29 is 42.7 Å². The molecule has 7 heterocycles. The Labute approximate surface area is 562 Å². The Bertz CT molecular complexity index is 4630. The van der Waals surface area contributed by atoms with Gasteiger partial charge in [0.15, 0.2) is 16.9 Å². The number of hydrogen-bond acceptors (Lipinski definition) is 21. The molecule has 0 aliphatic heterocycles. The summed E-state index contributed by atoms with van der Waals surface area (Å²) in [7, 11) is -0.833. The third-order valence-electron chi connectivity index (χ3n) is 16.7. The first-order valence-corrected chi connectivity index (χ1v) is 33.6. The van der Waals surface area contributed by atoms with Crippen molar-refractivity contribution in [1.82, 2.24) is 58.4 Å². The summed E-state index contributed by atoms with van der Waals surface area (Å²) in [6.45, 7) is 11.5. The highest BCUT2D eigenvalue weighted by molar-refractivity contribution is 7.90. The molecule has 0 radical (unpaired) electrons. The molecule has 0 aliphatic rings. The van der Waals surface area contributed by atoms with Crippen LogP contribution in [0.15, 0.2) is 140 Å². The molecular weight excluding hydrogens is 1260 g/mol. The van der Waals surface area contributed by atoms with Crippen LogP contribution in [0.25, 0.3) is 66.9 Å². The summed E-state index contributed by atoms with van der Waals surface area (Å²) in [6.07, 6.45) is 4.87. The summed E-state index contributed by atoms with van der Waals surface area (Å²) in [6, 6.07) is 34.9. The zero-order chi connectivity index (χ0) is 68.5. The minimum atomic E-state index is -4.25. The van der Waals surface area contributed by atoms with Crippen LogP contribution in [0.5, 0.6) is 23.0 Å². The van der Waals surface area contributed by atoms with Crippen molar-refractivity contribution in [2.45, 2.75) is 90.6 Å². The van der Waals surface area contributed by atoms with Crippen LogP contribution in [0.1, 0.15) is 69.1 Å². The molecule has 0 saturated carbocycles. The van der Waals surface area contributed by atoms with Gasteiger partial charge in [0.2, 0.25) is 0 Å². The van der Waals surface area contributed by atoms with Crippen molar-refractivity contribution in [2.24, 2.45) is 24.2 Å². The fourth-order valence-corrected chi connectivity index (χ4v) is 11.8. The smallest absolute Gasteiger partial charge is 0.301 e. The quantitative estimate of drug-likeness (QED) is 0.0190. The van der Waals surface area contributed by atoms with Crippen LogP contribution < -0.4 is 51.5 Å². The minimum absolute atomic E-state index is 0.0198. The first-order valence-electron chi connectivity index (χ1n) is 32.2. The molecule has 27 nitrogen and oxygen atoms in total. The van der Waals surface area contributed by atoms with Crippen molar-refractivity contribution in [1.29, 1.82) is 0 Å². The van der Waals surface area contributed by atoms with Gasteiger partial charge in [-0.25, -0.2) is 29.0 Å². The van der Waals surface area contributed by atoms with Gasteiger partial charge in [0.1, 0.15) is 67.7 Å². The summed E-state index contributed by atoms with van der Waals surface area (Å²) >= 11 is 0. The summed E-state index contributed by atoms with van der Waals surface area (Å²) in [5.41, 5.74) is 27.4. The summed E-state index contributed by atoms with van der Waals surface area (Å²) in [5.74, 6) is 2.19. The number of nitrogens with zero attached hydrogens (tertiary/aromatic N) is 12. The van der Waals surface area contributed by atoms with Gasteiger partial charge in [-0.2, -0.15) is 33.1 Å². The van der Waals surface area contributed by atoms with Crippen molar-refractivity contribution in [3.63, 3.8) is 0 Å². The molecule has 28 heteroatoms. The lowest BCUT2D eigenvalue weighted by molar-refractivity contribution is 0.114. The third-order valence-corrected chi connectivity index (χ3v) is 18.2. The molecule has 5 atom stereocenters. The number of rotatable bonds is 33. The molecule has 5 unspecified atom stereocenters. The Hall–Kier alpha value is -9.78. The predicted octanol–water partition coefficient (Wildman–Crippen LogP) is 7.74. The number of aryl methyl sites for hydroxylation is 1. The maximum atomic E-state index is 14.7. The van der Waals surface area contributed by atoms with E-state index in [1.54, 1.807) is 47.4 Å². The van der Waals surface area contributed by atoms with Crippen molar-refractivity contribution in [2.75, 3.05) is 75.0 Å². The van der Waals surface area contributed by atoms with E-state index in [9.17, 15) is 23.7 Å². The van der Waals surface area contributed by atoms with Crippen molar-refractivity contribution in [3.05, 3.63) is 157 Å². The fourth-order valence-electron chi connectivity index (χ4n) is 10.9. The number of aliphatic hydroxyl groups is 3. The second-order valence-electron chi connectivity index (χ2n) is 24.4. The van der Waals surface area contributed by atoms with Crippen LogP contribution in [0.2, 0.25) is 0 Å². The van der Waals surface area contributed by atoms with Gasteiger partial charge in [-0.3, -0.25) is 9.40 Å². The number of hydrogen-bond donors (Lipinski definition) is 9. The number of aromatic nitrogens is 11. The molecule has 0 saturated heterocycles. The molecule has 0 bridgehead atoms. The molecule has 4 aromatic carbocycles. The molecule has 0 spiro atoms. The Morgan fingerprint density at radius 3 is 1.42 bits per heavy atom. The first-order chi connectivity index (χ1) is 46.7. The van der Waals surface area contributed by atoms with Crippen LogP contribution in [0.4, 0.5) is 17.1 Å². The lowest BCUT2D eigenvalue weighted by atomic mass is 10.1. The Morgan fingerprint density at radius 1 is 0.526 bits per heavy atom. The summed E-state index contributed by atoms with van der Waals surface area (Å²) in [5, 5.41) is 58.4. The number of pyridine rings is 3. The zero-order valence-electron chi connectivity index (χ0n) is 55.3. The van der Waals surface area contributed by atoms with Crippen LogP contribution in [0.3, 0.4) is 0 Å². The molecule has 12 N–H and O–H groups in total. The Balaban J connectivity index is 0.820. The number of ether oxygens (including phenoxy) is 4. The monoisotopic (exact) mass is 1340 g/mol. The van der Waals surface area contributed by atoms with E-state index < -0.39 is 34.6 Å². The van der Waals surface area contributed by atoms with E-state index in [1.165, 1.54) is 11.4 Å². The zero-order valence-corrected chi connectivity index (χ0v) is 56.1. The standard InChI is InChI=1S/C69H84N18O9S/c1-42(2)85-67-58(35-76-85)64(26-61(79-67)47-13-9-17-55(23-47)94-39-51(88)29-70)73-32-46-12-8-16-54(22-46)93-38-44(4)87-69-60(37-78-87)66(28-63(81-69)49-15-11-19-57(25-49)96-41-53(90)31-72)82-97(91,92)83(6)21-20-43(3)86-68-59(36-77-86)65(74-33-50-34-75-84(7)45(50)5)27-62(80-68)48-14-10-18-56(24-48)95-40-52(89)30-71/h8-19,22-28,34-37,42-44,51-53,88-90H,20-21,29-33,38-41,70-72H2,1-7H3,(H,73,79)(H,74,80)(H,81,82). The van der Waals surface area contributed by atoms with E-state index in [-0.39, 0.29) is 70.4 Å². The van der Waals surface area contributed by atoms with Crippen LogP contribution in [-0.2, 0) is 30.3 Å². The maximum absolute atomic E-state index is 14.7. The Morgan fingerprint density at radius 2 is 0.948 bits per heavy atom. The van der Waals surface area contributed by atoms with Gasteiger partial charge in [-0.05, 0) is 113 Å². The summed E-state index contributed by atoms with van der Waals surface area (Å²) in [4.78, 5) is 15.3. The molecule has 7 aromatic heterocycles. The normalized spacial score (nSPS) is 13.5. The molecule has 11 aromatic rings. The largest absolute Gasteiger partial charge is 0.491 e. The number of fused-ring (bicyclic) bond motifs is 3. The van der Waals surface area contributed by atoms with Crippen molar-refractivity contribution in [3.8, 4) is 56.8 Å². The number of nitrogens with one attached hydrogen (secondary N) is 3. The molecule has 510 valence electrons. The fraction of sp³-hybridized carbons (Fsp3) is 0.348. The van der Waals surface area contributed by atoms with Crippen LogP contribution in [-0.4, -0.2) is 160 Å². The van der Waals surface area contributed by atoms with Gasteiger partial charge in [-0.15, -0.1) is 0 Å². The van der Waals surface area contributed by atoms with Gasteiger partial charge >= 0.3 is 10.2 Å².